The average Bonchev–Trinajstić information content (AvgIpc) is 2.37. The molecule has 0 amide bonds. The second-order valence-electron chi connectivity index (χ2n) is 4.73. The first-order valence-corrected chi connectivity index (χ1v) is 7.91. The number of para-hydroxylation sites is 1. The maximum absolute atomic E-state index is 12.3. The number of hydrogen-bond donors (Lipinski definition) is 2. The Bertz CT molecular complexity index is 517. The standard InChI is InChI=1S/C13H23N3O3S/c1-11(2)16(20(17,18)15-8-9-19-3)10-12-6-4-5-7-13(12)14/h4-7,11,15H,8-10,14H2,1-3H3. The van der Waals surface area contributed by atoms with Gasteiger partial charge in [0.15, 0.2) is 0 Å². The van der Waals surface area contributed by atoms with Crippen LogP contribution in [-0.4, -0.2) is 39.0 Å². The van der Waals surface area contributed by atoms with Crippen molar-refractivity contribution in [3.63, 3.8) is 0 Å². The van der Waals surface area contributed by atoms with E-state index in [0.717, 1.165) is 5.56 Å². The Labute approximate surface area is 121 Å². The van der Waals surface area contributed by atoms with Crippen LogP contribution >= 0.6 is 0 Å². The first-order valence-electron chi connectivity index (χ1n) is 6.47. The number of hydrogen-bond acceptors (Lipinski definition) is 4. The summed E-state index contributed by atoms with van der Waals surface area (Å²) in [7, 11) is -2.03. The van der Waals surface area contributed by atoms with Gasteiger partial charge in [-0.15, -0.1) is 0 Å². The predicted octanol–water partition coefficient (Wildman–Crippen LogP) is 0.960. The lowest BCUT2D eigenvalue weighted by molar-refractivity contribution is 0.203. The number of ether oxygens (including phenoxy) is 1. The van der Waals surface area contributed by atoms with E-state index in [-0.39, 0.29) is 19.1 Å². The van der Waals surface area contributed by atoms with Crippen molar-refractivity contribution in [1.29, 1.82) is 0 Å². The SMILES string of the molecule is COCCNS(=O)(=O)N(Cc1ccccc1N)C(C)C. The summed E-state index contributed by atoms with van der Waals surface area (Å²) in [6, 6.07) is 7.09. The highest BCUT2D eigenvalue weighted by Gasteiger charge is 2.25. The van der Waals surface area contributed by atoms with Gasteiger partial charge in [0.1, 0.15) is 0 Å². The summed E-state index contributed by atoms with van der Waals surface area (Å²) in [6.07, 6.45) is 0. The van der Waals surface area contributed by atoms with Gasteiger partial charge in [0, 0.05) is 31.9 Å². The Balaban J connectivity index is 2.87. The van der Waals surface area contributed by atoms with Gasteiger partial charge < -0.3 is 10.5 Å². The quantitative estimate of drug-likeness (QED) is 0.553. The van der Waals surface area contributed by atoms with E-state index in [2.05, 4.69) is 4.72 Å². The molecule has 0 aliphatic rings. The van der Waals surface area contributed by atoms with Gasteiger partial charge >= 0.3 is 0 Å². The summed E-state index contributed by atoms with van der Waals surface area (Å²) in [5, 5.41) is 0. The second-order valence-corrected chi connectivity index (χ2v) is 6.44. The zero-order valence-corrected chi connectivity index (χ0v) is 13.0. The topological polar surface area (TPSA) is 84.7 Å². The molecular formula is C13H23N3O3S. The highest BCUT2D eigenvalue weighted by Crippen LogP contribution is 2.17. The molecule has 1 aromatic rings. The van der Waals surface area contributed by atoms with E-state index in [1.165, 1.54) is 11.4 Å². The van der Waals surface area contributed by atoms with E-state index < -0.39 is 10.2 Å². The Kier molecular flexibility index (Phi) is 6.41. The van der Waals surface area contributed by atoms with Crippen LogP contribution in [0.4, 0.5) is 5.69 Å². The van der Waals surface area contributed by atoms with Crippen LogP contribution in [0.5, 0.6) is 0 Å². The molecule has 0 spiro atoms. The van der Waals surface area contributed by atoms with Crippen LogP contribution < -0.4 is 10.5 Å². The predicted molar refractivity (Wildman–Crippen MR) is 80.3 cm³/mol. The number of nitrogen functional groups attached to an aromatic ring is 1. The van der Waals surface area contributed by atoms with Gasteiger partial charge in [-0.3, -0.25) is 0 Å². The van der Waals surface area contributed by atoms with Gasteiger partial charge in [-0.1, -0.05) is 18.2 Å². The number of nitrogens with one attached hydrogen (secondary N) is 1. The van der Waals surface area contributed by atoms with Crippen molar-refractivity contribution in [2.45, 2.75) is 26.4 Å². The molecule has 6 nitrogen and oxygen atoms in total. The van der Waals surface area contributed by atoms with Crippen LogP contribution in [0.15, 0.2) is 24.3 Å². The summed E-state index contributed by atoms with van der Waals surface area (Å²) in [5.74, 6) is 0. The number of nitrogens with zero attached hydrogens (tertiary/aromatic N) is 1. The van der Waals surface area contributed by atoms with Crippen LogP contribution in [0, 0.1) is 0 Å². The molecule has 0 unspecified atom stereocenters. The molecule has 0 atom stereocenters. The number of benzene rings is 1. The first kappa shape index (κ1) is 16.9. The third kappa shape index (κ3) is 4.75. The lowest BCUT2D eigenvalue weighted by Crippen LogP contribution is -2.45. The summed E-state index contributed by atoms with van der Waals surface area (Å²) in [4.78, 5) is 0. The van der Waals surface area contributed by atoms with Crippen LogP contribution in [0.3, 0.4) is 0 Å². The van der Waals surface area contributed by atoms with E-state index in [9.17, 15) is 8.42 Å². The highest BCUT2D eigenvalue weighted by atomic mass is 32.2. The van der Waals surface area contributed by atoms with E-state index in [1.807, 2.05) is 32.0 Å². The van der Waals surface area contributed by atoms with Crippen molar-refractivity contribution in [2.24, 2.45) is 0 Å². The fourth-order valence-electron chi connectivity index (χ4n) is 1.75. The third-order valence-corrected chi connectivity index (χ3v) is 4.59. The number of methoxy groups -OCH3 is 1. The van der Waals surface area contributed by atoms with Gasteiger partial charge in [0.05, 0.1) is 6.61 Å². The molecule has 0 radical (unpaired) electrons. The van der Waals surface area contributed by atoms with Crippen molar-refractivity contribution >= 4 is 15.9 Å². The molecule has 0 saturated carbocycles. The maximum Gasteiger partial charge on any atom is 0.280 e. The minimum Gasteiger partial charge on any atom is -0.398 e. The van der Waals surface area contributed by atoms with Crippen molar-refractivity contribution in [3.05, 3.63) is 29.8 Å². The van der Waals surface area contributed by atoms with E-state index in [4.69, 9.17) is 10.5 Å². The van der Waals surface area contributed by atoms with Crippen molar-refractivity contribution in [2.75, 3.05) is 26.0 Å². The average molecular weight is 301 g/mol. The zero-order valence-electron chi connectivity index (χ0n) is 12.2. The summed E-state index contributed by atoms with van der Waals surface area (Å²) >= 11 is 0. The molecule has 0 bridgehead atoms. The molecule has 20 heavy (non-hydrogen) atoms. The lowest BCUT2D eigenvalue weighted by atomic mass is 10.2. The Morgan fingerprint density at radius 2 is 2.00 bits per heavy atom. The summed E-state index contributed by atoms with van der Waals surface area (Å²) in [6.45, 7) is 4.47. The molecule has 3 N–H and O–H groups in total. The molecule has 0 saturated heterocycles. The lowest BCUT2D eigenvalue weighted by Gasteiger charge is -2.26. The van der Waals surface area contributed by atoms with Gasteiger partial charge in [-0.25, -0.2) is 0 Å². The molecule has 1 rings (SSSR count). The van der Waals surface area contributed by atoms with E-state index >= 15 is 0 Å². The smallest absolute Gasteiger partial charge is 0.280 e. The summed E-state index contributed by atoms with van der Waals surface area (Å²) < 4.78 is 33.3. The van der Waals surface area contributed by atoms with Gasteiger partial charge in [0.25, 0.3) is 10.2 Å². The zero-order chi connectivity index (χ0) is 15.2. The molecule has 0 heterocycles. The van der Waals surface area contributed by atoms with Crippen molar-refractivity contribution in [1.82, 2.24) is 9.03 Å². The van der Waals surface area contributed by atoms with Gasteiger partial charge in [-0.2, -0.15) is 17.4 Å². The van der Waals surface area contributed by atoms with Crippen LogP contribution in [-0.2, 0) is 21.5 Å². The van der Waals surface area contributed by atoms with E-state index in [0.29, 0.717) is 12.3 Å². The molecular weight excluding hydrogens is 278 g/mol. The number of rotatable bonds is 8. The molecule has 0 aliphatic carbocycles. The molecule has 114 valence electrons. The van der Waals surface area contributed by atoms with Crippen LogP contribution in [0.1, 0.15) is 19.4 Å². The normalized spacial score (nSPS) is 12.2. The summed E-state index contributed by atoms with van der Waals surface area (Å²) in [5.41, 5.74) is 7.25. The molecule has 7 heteroatoms. The Morgan fingerprint density at radius 1 is 1.35 bits per heavy atom. The Morgan fingerprint density at radius 3 is 2.55 bits per heavy atom. The second kappa shape index (κ2) is 7.58. The third-order valence-electron chi connectivity index (χ3n) is 2.86. The van der Waals surface area contributed by atoms with Crippen molar-refractivity contribution in [3.8, 4) is 0 Å². The fourth-order valence-corrected chi connectivity index (χ4v) is 3.12. The largest absolute Gasteiger partial charge is 0.398 e. The highest BCUT2D eigenvalue weighted by molar-refractivity contribution is 7.87. The first-order chi connectivity index (χ1) is 9.38. The minimum atomic E-state index is -3.56. The molecule has 0 aliphatic heterocycles. The molecule has 0 fully saturated rings. The number of nitrogens with two attached hydrogens (primary N) is 1. The fraction of sp³-hybridized carbons (Fsp3) is 0.538. The maximum atomic E-state index is 12.3. The minimum absolute atomic E-state index is 0.172. The van der Waals surface area contributed by atoms with Crippen LogP contribution in [0.25, 0.3) is 0 Å². The Hall–Kier alpha value is -1.15. The van der Waals surface area contributed by atoms with Crippen LogP contribution in [0.2, 0.25) is 0 Å². The van der Waals surface area contributed by atoms with Gasteiger partial charge in [0.2, 0.25) is 0 Å². The monoisotopic (exact) mass is 301 g/mol. The molecule has 1 aromatic carbocycles. The van der Waals surface area contributed by atoms with E-state index in [1.54, 1.807) is 6.07 Å². The molecule has 0 aromatic heterocycles. The number of anilines is 1. The van der Waals surface area contributed by atoms with Crippen molar-refractivity contribution < 1.29 is 13.2 Å². The van der Waals surface area contributed by atoms with Gasteiger partial charge in [-0.05, 0) is 25.5 Å².